The average molecular weight is 411 g/mol. The lowest BCUT2D eigenvalue weighted by molar-refractivity contribution is -0.0801. The van der Waals surface area contributed by atoms with Crippen LogP contribution in [0.4, 0.5) is 0 Å². The van der Waals surface area contributed by atoms with E-state index in [1.54, 1.807) is 32.2 Å². The van der Waals surface area contributed by atoms with Crippen molar-refractivity contribution < 1.29 is 18.3 Å². The number of nitriles is 1. The van der Waals surface area contributed by atoms with Gasteiger partial charge in [0.05, 0.1) is 10.9 Å². The highest BCUT2D eigenvalue weighted by molar-refractivity contribution is 8.14. The first-order valence-electron chi connectivity index (χ1n) is 8.39. The third-order valence-electron chi connectivity index (χ3n) is 4.75. The summed E-state index contributed by atoms with van der Waals surface area (Å²) in [5, 5.41) is 20.5. The van der Waals surface area contributed by atoms with Gasteiger partial charge in [0.15, 0.2) is 5.17 Å². The number of ether oxygens (including phenoxy) is 1. The Morgan fingerprint density at radius 1 is 1.44 bits per heavy atom. The Morgan fingerprint density at radius 3 is 2.78 bits per heavy atom. The van der Waals surface area contributed by atoms with Crippen LogP contribution in [0.5, 0.6) is 5.75 Å². The van der Waals surface area contributed by atoms with Gasteiger partial charge in [-0.3, -0.25) is 0 Å². The number of benzene rings is 1. The average Bonchev–Trinajstić information content (AvgIpc) is 3.03. The molecule has 1 fully saturated rings. The molecule has 0 aromatic heterocycles. The van der Waals surface area contributed by atoms with E-state index in [9.17, 15) is 13.5 Å². The summed E-state index contributed by atoms with van der Waals surface area (Å²) in [6.45, 7) is 4.15. The van der Waals surface area contributed by atoms with Gasteiger partial charge < -0.3 is 14.7 Å². The van der Waals surface area contributed by atoms with Crippen molar-refractivity contribution >= 4 is 27.0 Å². The molecule has 2 unspecified atom stereocenters. The normalized spacial score (nSPS) is 26.0. The summed E-state index contributed by atoms with van der Waals surface area (Å²) in [6, 6.07) is 4.10. The second-order valence-electron chi connectivity index (χ2n) is 7.12. The Kier molecular flexibility index (Phi) is 5.16. The van der Waals surface area contributed by atoms with Crippen LogP contribution in [0.2, 0.25) is 0 Å². The molecule has 0 radical (unpaired) electrons. The monoisotopic (exact) mass is 410 g/mol. The molecule has 1 aromatic carbocycles. The second kappa shape index (κ2) is 6.98. The zero-order valence-electron chi connectivity index (χ0n) is 15.6. The summed E-state index contributed by atoms with van der Waals surface area (Å²) in [6.07, 6.45) is 0.859. The van der Waals surface area contributed by atoms with Gasteiger partial charge in [-0.1, -0.05) is 11.8 Å². The second-order valence-corrected chi connectivity index (χ2v) is 10.3. The van der Waals surface area contributed by atoms with Crippen LogP contribution in [0.3, 0.4) is 0 Å². The molecule has 27 heavy (non-hydrogen) atoms. The van der Waals surface area contributed by atoms with Crippen molar-refractivity contribution in [1.82, 2.24) is 9.21 Å². The number of hydrogen-bond acceptors (Lipinski definition) is 7. The Hall–Kier alpha value is -1.80. The molecule has 1 saturated heterocycles. The molecule has 3 rings (SSSR count). The Labute approximate surface area is 163 Å². The van der Waals surface area contributed by atoms with Gasteiger partial charge in [-0.25, -0.2) is 12.7 Å². The van der Waals surface area contributed by atoms with Crippen LogP contribution in [0, 0.1) is 11.5 Å². The third-order valence-corrected chi connectivity index (χ3v) is 7.54. The van der Waals surface area contributed by atoms with E-state index in [2.05, 4.69) is 4.99 Å². The first-order valence-corrected chi connectivity index (χ1v) is 10.8. The fourth-order valence-electron chi connectivity index (χ4n) is 3.27. The van der Waals surface area contributed by atoms with Crippen molar-refractivity contribution in [2.75, 3.05) is 26.4 Å². The number of thioether (sulfide) groups is 1. The molecule has 146 valence electrons. The first-order chi connectivity index (χ1) is 12.6. The number of aliphatic imine (C=N–C) groups is 1. The molecule has 0 saturated carbocycles. The largest absolute Gasteiger partial charge is 0.485 e. The highest BCUT2D eigenvalue weighted by atomic mass is 32.2. The van der Waals surface area contributed by atoms with Crippen molar-refractivity contribution in [2.24, 2.45) is 4.99 Å². The number of rotatable bonds is 3. The summed E-state index contributed by atoms with van der Waals surface area (Å²) < 4.78 is 32.2. The van der Waals surface area contributed by atoms with Crippen molar-refractivity contribution in [3.05, 3.63) is 23.8 Å². The van der Waals surface area contributed by atoms with Crippen LogP contribution in [-0.2, 0) is 10.0 Å². The van der Waals surface area contributed by atoms with E-state index in [1.165, 1.54) is 31.9 Å². The fraction of sp³-hybridized carbons (Fsp3) is 0.529. The number of nitrogens with zero attached hydrogens (tertiary/aromatic N) is 4. The molecule has 1 N–H and O–H groups in total. The predicted molar refractivity (Wildman–Crippen MR) is 103 cm³/mol. The zero-order valence-corrected chi connectivity index (χ0v) is 17.2. The van der Waals surface area contributed by atoms with E-state index < -0.39 is 27.8 Å². The fourth-order valence-corrected chi connectivity index (χ4v) is 5.15. The van der Waals surface area contributed by atoms with Crippen molar-refractivity contribution in [3.63, 3.8) is 0 Å². The van der Waals surface area contributed by atoms with Gasteiger partial charge in [-0.05, 0) is 32.0 Å². The minimum Gasteiger partial charge on any atom is -0.485 e. The number of amidine groups is 1. The number of aliphatic hydroxyl groups excluding tert-OH is 1. The number of sulfonamides is 1. The Morgan fingerprint density at radius 2 is 2.15 bits per heavy atom. The summed E-state index contributed by atoms with van der Waals surface area (Å²) in [5.74, 6) is 1.25. The lowest BCUT2D eigenvalue weighted by Gasteiger charge is -2.45. The molecule has 2 aliphatic heterocycles. The van der Waals surface area contributed by atoms with Gasteiger partial charge in [0, 0.05) is 32.0 Å². The van der Waals surface area contributed by atoms with Crippen LogP contribution < -0.4 is 4.74 Å². The van der Waals surface area contributed by atoms with E-state index >= 15 is 0 Å². The molecule has 0 bridgehead atoms. The quantitative estimate of drug-likeness (QED) is 0.751. The maximum absolute atomic E-state index is 12.6. The molecular weight excluding hydrogens is 388 g/mol. The van der Waals surface area contributed by atoms with Gasteiger partial charge >= 0.3 is 0 Å². The van der Waals surface area contributed by atoms with Crippen LogP contribution in [0.1, 0.15) is 25.5 Å². The van der Waals surface area contributed by atoms with Crippen LogP contribution in [-0.4, -0.2) is 66.0 Å². The first kappa shape index (κ1) is 19.9. The molecule has 2 aliphatic rings. The van der Waals surface area contributed by atoms with E-state index in [0.29, 0.717) is 23.0 Å². The minimum atomic E-state index is -3.64. The summed E-state index contributed by atoms with van der Waals surface area (Å²) in [5.41, 5.74) is -0.317. The van der Waals surface area contributed by atoms with Gasteiger partial charge in [0.2, 0.25) is 16.2 Å². The van der Waals surface area contributed by atoms with Gasteiger partial charge in [-0.2, -0.15) is 5.26 Å². The molecular formula is C17H22N4O4S2. The molecule has 2 heterocycles. The van der Waals surface area contributed by atoms with Crippen molar-refractivity contribution in [2.45, 2.75) is 36.5 Å². The summed E-state index contributed by atoms with van der Waals surface area (Å²) in [7, 11) is -0.702. The summed E-state index contributed by atoms with van der Waals surface area (Å²) >= 11 is 1.44. The van der Waals surface area contributed by atoms with Crippen molar-refractivity contribution in [3.8, 4) is 11.9 Å². The topological polar surface area (TPSA) is 106 Å². The molecule has 10 heteroatoms. The highest BCUT2D eigenvalue weighted by Crippen LogP contribution is 2.45. The van der Waals surface area contributed by atoms with Gasteiger partial charge in [-0.15, -0.1) is 4.99 Å². The van der Waals surface area contributed by atoms with E-state index in [1.807, 2.05) is 4.90 Å². The lowest BCUT2D eigenvalue weighted by atomic mass is 9.85. The number of fused-ring (bicyclic) bond motifs is 1. The van der Waals surface area contributed by atoms with Gasteiger partial charge in [0.1, 0.15) is 17.5 Å². The van der Waals surface area contributed by atoms with Gasteiger partial charge in [0.25, 0.3) is 0 Å². The van der Waals surface area contributed by atoms with Crippen molar-refractivity contribution in [1.29, 1.82) is 5.26 Å². The van der Waals surface area contributed by atoms with Crippen LogP contribution >= 0.6 is 11.8 Å². The predicted octanol–water partition coefficient (Wildman–Crippen LogP) is 1.40. The third kappa shape index (κ3) is 3.40. The Bertz CT molecular complexity index is 921. The van der Waals surface area contributed by atoms with E-state index in [-0.39, 0.29) is 4.90 Å². The SMILES string of the molecule is CN(C)S(=O)(=O)c1ccc2c(c1)C(N1CCSC1=NC#N)C(O)C(C)(C)O2. The number of hydrogen-bond donors (Lipinski definition) is 1. The smallest absolute Gasteiger partial charge is 0.242 e. The maximum Gasteiger partial charge on any atom is 0.242 e. The van der Waals surface area contributed by atoms with Crippen LogP contribution in [0.15, 0.2) is 28.1 Å². The molecule has 8 nitrogen and oxygen atoms in total. The molecule has 1 aromatic rings. The Balaban J connectivity index is 2.17. The molecule has 0 amide bonds. The maximum atomic E-state index is 12.6. The minimum absolute atomic E-state index is 0.123. The molecule has 0 spiro atoms. The van der Waals surface area contributed by atoms with Crippen LogP contribution in [0.25, 0.3) is 0 Å². The molecule has 0 aliphatic carbocycles. The van der Waals surface area contributed by atoms with E-state index in [4.69, 9.17) is 10.00 Å². The molecule has 2 atom stereocenters. The van der Waals surface area contributed by atoms with E-state index in [0.717, 1.165) is 10.1 Å². The highest BCUT2D eigenvalue weighted by Gasteiger charge is 2.47. The zero-order chi connectivity index (χ0) is 20.0. The lowest BCUT2D eigenvalue weighted by Crippen LogP contribution is -2.53. The number of aliphatic hydroxyl groups is 1. The summed E-state index contributed by atoms with van der Waals surface area (Å²) in [4.78, 5) is 5.84. The standard InChI is InChI=1S/C17H22N4O4S2/c1-17(2)15(22)14(21-7-8-26-16(21)19-10-18)12-9-11(5-6-13(12)25-17)27(23,24)20(3)4/h5-6,9,14-15,22H,7-8H2,1-4H3.